The smallest absolute Gasteiger partial charge is 0.119 e. The van der Waals surface area contributed by atoms with Gasteiger partial charge in [-0.1, -0.05) is 78.4 Å². The van der Waals surface area contributed by atoms with Crippen molar-refractivity contribution in [1.82, 2.24) is 4.90 Å². The molecule has 1 unspecified atom stereocenters. The van der Waals surface area contributed by atoms with Crippen molar-refractivity contribution in [3.63, 3.8) is 0 Å². The van der Waals surface area contributed by atoms with E-state index in [9.17, 15) is 10.2 Å². The number of ether oxygens (including phenoxy) is 1. The third kappa shape index (κ3) is 5.21. The van der Waals surface area contributed by atoms with E-state index in [1.807, 2.05) is 91.9 Å². The van der Waals surface area contributed by atoms with Gasteiger partial charge in [0.2, 0.25) is 0 Å². The summed E-state index contributed by atoms with van der Waals surface area (Å²) in [6.07, 6.45) is 1.19. The molecule has 0 amide bonds. The average Bonchev–Trinajstić information content (AvgIpc) is 2.85. The van der Waals surface area contributed by atoms with E-state index in [1.165, 1.54) is 5.56 Å². The van der Waals surface area contributed by atoms with E-state index in [2.05, 4.69) is 4.90 Å². The summed E-state index contributed by atoms with van der Waals surface area (Å²) in [5.41, 5.74) is 2.06. The summed E-state index contributed by atoms with van der Waals surface area (Å²) in [4.78, 5) is 2.27. The molecule has 1 saturated heterocycles. The Bertz CT molecular complexity index is 911. The molecule has 0 spiro atoms. The number of aryl methyl sites for hydroxylation is 1. The number of hydrogen-bond donors (Lipinski definition) is 2. The fraction of sp³-hybridized carbons (Fsp3) is 0.357. The van der Waals surface area contributed by atoms with Crippen molar-refractivity contribution in [2.24, 2.45) is 5.92 Å². The van der Waals surface area contributed by atoms with Gasteiger partial charge >= 0.3 is 0 Å². The molecule has 2 N–H and O–H groups in total. The summed E-state index contributed by atoms with van der Waals surface area (Å²) in [6.45, 7) is 4.58. The van der Waals surface area contributed by atoms with E-state index in [0.717, 1.165) is 42.8 Å². The second-order valence-corrected chi connectivity index (χ2v) is 8.85. The molecular formula is C28H33NO3. The first-order valence-electron chi connectivity index (χ1n) is 11.5. The molecule has 0 bridgehead atoms. The Balaban J connectivity index is 1.36. The van der Waals surface area contributed by atoms with Crippen molar-refractivity contribution < 1.29 is 14.9 Å². The standard InChI is InChI=1S/C28H33NO3/c1-22-12-14-27(15-13-22)32-21-26(30)20-29-18-16-25(17-19-29)28(31,23-8-4-2-5-9-23)24-10-6-3-7-11-24/h2-15,25-26,30-31H,16-21H2,1H3. The van der Waals surface area contributed by atoms with Crippen LogP contribution < -0.4 is 4.74 Å². The van der Waals surface area contributed by atoms with Gasteiger partial charge in [0.25, 0.3) is 0 Å². The van der Waals surface area contributed by atoms with E-state index in [4.69, 9.17) is 4.74 Å². The number of aliphatic hydroxyl groups excluding tert-OH is 1. The lowest BCUT2D eigenvalue weighted by Crippen LogP contribution is -2.46. The van der Waals surface area contributed by atoms with Crippen LogP contribution in [0.3, 0.4) is 0 Å². The molecule has 4 nitrogen and oxygen atoms in total. The highest BCUT2D eigenvalue weighted by Gasteiger charge is 2.41. The molecular weight excluding hydrogens is 398 g/mol. The minimum Gasteiger partial charge on any atom is -0.491 e. The summed E-state index contributed by atoms with van der Waals surface area (Å²) < 4.78 is 5.74. The first-order chi connectivity index (χ1) is 15.6. The first kappa shape index (κ1) is 22.5. The SMILES string of the molecule is Cc1ccc(OCC(O)CN2CCC(C(O)(c3ccccc3)c3ccccc3)CC2)cc1. The second kappa shape index (κ2) is 10.3. The highest BCUT2D eigenvalue weighted by atomic mass is 16.5. The molecule has 1 heterocycles. The quantitative estimate of drug-likeness (QED) is 0.556. The van der Waals surface area contributed by atoms with Crippen LogP contribution in [-0.4, -0.2) is 47.5 Å². The Kier molecular flexibility index (Phi) is 7.26. The summed E-state index contributed by atoms with van der Waals surface area (Å²) in [5.74, 6) is 0.897. The Morgan fingerprint density at radius 2 is 1.41 bits per heavy atom. The van der Waals surface area contributed by atoms with Gasteiger partial charge in [0.05, 0.1) is 0 Å². The molecule has 1 atom stereocenters. The van der Waals surface area contributed by atoms with Crippen molar-refractivity contribution in [3.05, 3.63) is 102 Å². The highest BCUT2D eigenvalue weighted by molar-refractivity contribution is 5.37. The first-order valence-corrected chi connectivity index (χ1v) is 11.5. The van der Waals surface area contributed by atoms with Gasteiger partial charge in [0.15, 0.2) is 0 Å². The Morgan fingerprint density at radius 1 is 0.875 bits per heavy atom. The maximum atomic E-state index is 12.0. The molecule has 1 fully saturated rings. The van der Waals surface area contributed by atoms with Crippen molar-refractivity contribution in [2.75, 3.05) is 26.2 Å². The predicted octanol–water partition coefficient (Wildman–Crippen LogP) is 4.38. The fourth-order valence-electron chi connectivity index (χ4n) is 4.73. The predicted molar refractivity (Wildman–Crippen MR) is 128 cm³/mol. The zero-order valence-corrected chi connectivity index (χ0v) is 18.7. The maximum absolute atomic E-state index is 12.0. The maximum Gasteiger partial charge on any atom is 0.119 e. The van der Waals surface area contributed by atoms with Crippen LogP contribution in [0.4, 0.5) is 0 Å². The van der Waals surface area contributed by atoms with E-state index in [0.29, 0.717) is 6.54 Å². The molecule has 3 aromatic carbocycles. The van der Waals surface area contributed by atoms with Crippen LogP contribution in [0.15, 0.2) is 84.9 Å². The molecule has 0 saturated carbocycles. The third-order valence-electron chi connectivity index (χ3n) is 6.54. The van der Waals surface area contributed by atoms with Crippen LogP contribution in [0.2, 0.25) is 0 Å². The monoisotopic (exact) mass is 431 g/mol. The van der Waals surface area contributed by atoms with Crippen LogP contribution in [0.25, 0.3) is 0 Å². The number of nitrogens with zero attached hydrogens (tertiary/aromatic N) is 1. The van der Waals surface area contributed by atoms with Gasteiger partial charge in [0, 0.05) is 6.54 Å². The van der Waals surface area contributed by atoms with Crippen molar-refractivity contribution in [2.45, 2.75) is 31.5 Å². The summed E-state index contributed by atoms with van der Waals surface area (Å²) in [7, 11) is 0. The fourth-order valence-corrected chi connectivity index (χ4v) is 4.73. The van der Waals surface area contributed by atoms with Gasteiger partial charge in [0.1, 0.15) is 24.1 Å². The molecule has 0 aliphatic carbocycles. The number of likely N-dealkylation sites (tertiary alicyclic amines) is 1. The van der Waals surface area contributed by atoms with Crippen molar-refractivity contribution in [1.29, 1.82) is 0 Å². The zero-order valence-electron chi connectivity index (χ0n) is 18.7. The van der Waals surface area contributed by atoms with Crippen LogP contribution >= 0.6 is 0 Å². The summed E-state index contributed by atoms with van der Waals surface area (Å²) >= 11 is 0. The lowest BCUT2D eigenvalue weighted by molar-refractivity contribution is -0.0222. The lowest BCUT2D eigenvalue weighted by atomic mass is 9.72. The molecule has 32 heavy (non-hydrogen) atoms. The van der Waals surface area contributed by atoms with Gasteiger partial charge < -0.3 is 19.8 Å². The number of piperidine rings is 1. The van der Waals surface area contributed by atoms with Crippen LogP contribution in [-0.2, 0) is 5.60 Å². The minimum atomic E-state index is -1.01. The molecule has 1 aliphatic rings. The molecule has 4 heteroatoms. The third-order valence-corrected chi connectivity index (χ3v) is 6.54. The average molecular weight is 432 g/mol. The van der Waals surface area contributed by atoms with Crippen molar-refractivity contribution in [3.8, 4) is 5.75 Å². The number of β-amino-alcohol motifs (C(OH)–C–C–N with tert-alkyl or cyclic N) is 1. The largest absolute Gasteiger partial charge is 0.491 e. The molecule has 4 rings (SSSR count). The minimum absolute atomic E-state index is 0.115. The normalized spacial score (nSPS) is 16.6. The van der Waals surface area contributed by atoms with E-state index >= 15 is 0 Å². The molecule has 1 aliphatic heterocycles. The topological polar surface area (TPSA) is 52.9 Å². The number of benzene rings is 3. The second-order valence-electron chi connectivity index (χ2n) is 8.85. The Morgan fingerprint density at radius 3 is 1.94 bits per heavy atom. The highest BCUT2D eigenvalue weighted by Crippen LogP contribution is 2.41. The zero-order chi connectivity index (χ0) is 22.4. The van der Waals surface area contributed by atoms with Gasteiger partial charge in [-0.05, 0) is 62.0 Å². The number of aliphatic hydroxyl groups is 2. The van der Waals surface area contributed by atoms with Gasteiger partial charge in [-0.3, -0.25) is 0 Å². The van der Waals surface area contributed by atoms with Gasteiger partial charge in [-0.2, -0.15) is 0 Å². The van der Waals surface area contributed by atoms with E-state index in [1.54, 1.807) is 0 Å². The lowest BCUT2D eigenvalue weighted by Gasteiger charge is -2.42. The Labute approximate surface area is 191 Å². The molecule has 168 valence electrons. The van der Waals surface area contributed by atoms with E-state index in [-0.39, 0.29) is 12.5 Å². The number of hydrogen-bond acceptors (Lipinski definition) is 4. The summed E-state index contributed by atoms with van der Waals surface area (Å²) in [5, 5.41) is 22.5. The van der Waals surface area contributed by atoms with Crippen LogP contribution in [0.1, 0.15) is 29.5 Å². The van der Waals surface area contributed by atoms with Crippen LogP contribution in [0, 0.1) is 12.8 Å². The summed E-state index contributed by atoms with van der Waals surface area (Å²) in [6, 6.07) is 27.9. The van der Waals surface area contributed by atoms with Crippen LogP contribution in [0.5, 0.6) is 5.75 Å². The molecule has 0 aromatic heterocycles. The van der Waals surface area contributed by atoms with Crippen molar-refractivity contribution >= 4 is 0 Å². The van der Waals surface area contributed by atoms with E-state index < -0.39 is 11.7 Å². The molecule has 3 aromatic rings. The molecule has 0 radical (unpaired) electrons. The van der Waals surface area contributed by atoms with Gasteiger partial charge in [-0.15, -0.1) is 0 Å². The number of rotatable bonds is 8. The Hall–Kier alpha value is -2.66. The van der Waals surface area contributed by atoms with Gasteiger partial charge in [-0.25, -0.2) is 0 Å².